The molecule has 0 bridgehead atoms. The van der Waals surface area contributed by atoms with Crippen molar-refractivity contribution in [3.05, 3.63) is 60.2 Å². The first-order valence-corrected chi connectivity index (χ1v) is 11.4. The molecule has 0 aliphatic carbocycles. The lowest BCUT2D eigenvalue weighted by Gasteiger charge is -2.20. The van der Waals surface area contributed by atoms with E-state index in [9.17, 15) is 0 Å². The lowest BCUT2D eigenvalue weighted by Crippen LogP contribution is -2.26. The highest BCUT2D eigenvalue weighted by Crippen LogP contribution is 2.24. The van der Waals surface area contributed by atoms with Crippen LogP contribution in [0.4, 0.5) is 0 Å². The normalized spacial score (nSPS) is 12.2. The standard InChI is InChI=1S/C26H39N3O2/c1-8-14-28(11-4)19-25-27-23-18-22(30-16-9-2)12-13-24(23)29(25)15-17-31-26(20(5)6)21(7)10-3/h10,12-13,18H,3,5,8-9,11,14-17,19H2,1-2,4,6-7H3/b26-21+. The summed E-state index contributed by atoms with van der Waals surface area (Å²) in [5, 5.41) is 0. The molecule has 0 saturated heterocycles. The largest absolute Gasteiger partial charge is 0.494 e. The number of hydrogen-bond acceptors (Lipinski definition) is 4. The SMILES string of the molecule is C=C/C(C)=C(/OCCn1c(CN(CC)CCC)nc2cc(OCCC)ccc21)C(=C)C. The predicted octanol–water partition coefficient (Wildman–Crippen LogP) is 6.11. The molecule has 1 aromatic heterocycles. The van der Waals surface area contributed by atoms with Gasteiger partial charge in [0, 0.05) is 6.07 Å². The first-order valence-electron chi connectivity index (χ1n) is 11.4. The minimum absolute atomic E-state index is 0.541. The Morgan fingerprint density at radius 1 is 1.16 bits per heavy atom. The van der Waals surface area contributed by atoms with Gasteiger partial charge in [0.05, 0.1) is 30.7 Å². The average Bonchev–Trinajstić information content (AvgIpc) is 3.10. The van der Waals surface area contributed by atoms with Crippen molar-refractivity contribution in [1.29, 1.82) is 0 Å². The van der Waals surface area contributed by atoms with E-state index in [4.69, 9.17) is 14.5 Å². The highest BCUT2D eigenvalue weighted by atomic mass is 16.5. The molecule has 1 aromatic carbocycles. The van der Waals surface area contributed by atoms with Crippen LogP contribution in [0.2, 0.25) is 0 Å². The third kappa shape index (κ3) is 6.73. The molecular formula is C26H39N3O2. The van der Waals surface area contributed by atoms with Crippen LogP contribution in [0, 0.1) is 0 Å². The van der Waals surface area contributed by atoms with Gasteiger partial charge in [-0.25, -0.2) is 4.98 Å². The number of benzene rings is 1. The molecule has 5 nitrogen and oxygen atoms in total. The summed E-state index contributed by atoms with van der Waals surface area (Å²) in [6.07, 6.45) is 3.92. The van der Waals surface area contributed by atoms with Gasteiger partial charge in [0.15, 0.2) is 0 Å². The fourth-order valence-electron chi connectivity index (χ4n) is 3.61. The van der Waals surface area contributed by atoms with Crippen LogP contribution in [0.5, 0.6) is 5.75 Å². The monoisotopic (exact) mass is 425 g/mol. The summed E-state index contributed by atoms with van der Waals surface area (Å²) in [6.45, 7) is 23.2. The second-order valence-corrected chi connectivity index (χ2v) is 7.89. The van der Waals surface area contributed by atoms with E-state index in [-0.39, 0.29) is 0 Å². The van der Waals surface area contributed by atoms with E-state index in [1.54, 1.807) is 0 Å². The van der Waals surface area contributed by atoms with Gasteiger partial charge in [0.2, 0.25) is 0 Å². The molecule has 5 heteroatoms. The van der Waals surface area contributed by atoms with Gasteiger partial charge < -0.3 is 14.0 Å². The summed E-state index contributed by atoms with van der Waals surface area (Å²) < 4.78 is 14.2. The Morgan fingerprint density at radius 2 is 1.94 bits per heavy atom. The van der Waals surface area contributed by atoms with Gasteiger partial charge in [0.1, 0.15) is 23.9 Å². The van der Waals surface area contributed by atoms with E-state index in [2.05, 4.69) is 49.5 Å². The molecule has 2 aromatic rings. The lowest BCUT2D eigenvalue weighted by atomic mass is 10.1. The molecule has 0 fully saturated rings. The fourth-order valence-corrected chi connectivity index (χ4v) is 3.61. The van der Waals surface area contributed by atoms with Crippen LogP contribution in [0.25, 0.3) is 11.0 Å². The van der Waals surface area contributed by atoms with E-state index in [0.717, 1.165) is 72.0 Å². The van der Waals surface area contributed by atoms with Gasteiger partial charge in [0.25, 0.3) is 0 Å². The van der Waals surface area contributed by atoms with Gasteiger partial charge in [-0.2, -0.15) is 0 Å². The van der Waals surface area contributed by atoms with E-state index in [1.165, 1.54) is 0 Å². The molecule has 31 heavy (non-hydrogen) atoms. The van der Waals surface area contributed by atoms with Gasteiger partial charge in [-0.1, -0.05) is 40.0 Å². The number of imidazole rings is 1. The third-order valence-corrected chi connectivity index (χ3v) is 5.24. The molecule has 0 unspecified atom stereocenters. The minimum atomic E-state index is 0.541. The Morgan fingerprint density at radius 3 is 2.55 bits per heavy atom. The van der Waals surface area contributed by atoms with Crippen molar-refractivity contribution in [1.82, 2.24) is 14.5 Å². The molecule has 2 rings (SSSR count). The first kappa shape index (κ1) is 24.7. The molecule has 0 N–H and O–H groups in total. The van der Waals surface area contributed by atoms with Gasteiger partial charge in [-0.3, -0.25) is 4.90 Å². The Labute approximate surface area is 188 Å². The van der Waals surface area contributed by atoms with Crippen molar-refractivity contribution in [3.63, 3.8) is 0 Å². The lowest BCUT2D eigenvalue weighted by molar-refractivity contribution is 0.202. The summed E-state index contributed by atoms with van der Waals surface area (Å²) >= 11 is 0. The molecule has 0 radical (unpaired) electrons. The average molecular weight is 426 g/mol. The third-order valence-electron chi connectivity index (χ3n) is 5.24. The quantitative estimate of drug-likeness (QED) is 0.270. The van der Waals surface area contributed by atoms with E-state index in [1.807, 2.05) is 32.1 Å². The number of aromatic nitrogens is 2. The van der Waals surface area contributed by atoms with Crippen molar-refractivity contribution in [2.45, 2.75) is 60.5 Å². The summed E-state index contributed by atoms with van der Waals surface area (Å²) in [5.74, 6) is 2.75. The van der Waals surface area contributed by atoms with Gasteiger partial charge in [-0.15, -0.1) is 0 Å². The van der Waals surface area contributed by atoms with E-state index >= 15 is 0 Å². The Balaban J connectivity index is 2.32. The Bertz CT molecular complexity index is 911. The number of allylic oxidation sites excluding steroid dienone is 3. The molecular weight excluding hydrogens is 386 g/mol. The summed E-state index contributed by atoms with van der Waals surface area (Å²) in [6, 6.07) is 6.19. The molecule has 0 aliphatic heterocycles. The second-order valence-electron chi connectivity index (χ2n) is 7.89. The minimum Gasteiger partial charge on any atom is -0.494 e. The Kier molecular flexibility index (Phi) is 9.86. The van der Waals surface area contributed by atoms with Crippen LogP contribution in [0.3, 0.4) is 0 Å². The van der Waals surface area contributed by atoms with Gasteiger partial charge in [-0.05, 0) is 63.1 Å². The maximum Gasteiger partial charge on any atom is 0.124 e. The van der Waals surface area contributed by atoms with Crippen molar-refractivity contribution in [3.8, 4) is 5.75 Å². The zero-order chi connectivity index (χ0) is 22.8. The molecule has 0 saturated carbocycles. The van der Waals surface area contributed by atoms with Crippen molar-refractivity contribution < 1.29 is 9.47 Å². The molecule has 0 aliphatic rings. The zero-order valence-electron chi connectivity index (χ0n) is 20.0. The van der Waals surface area contributed by atoms with Crippen LogP contribution >= 0.6 is 0 Å². The number of nitrogens with zero attached hydrogens (tertiary/aromatic N) is 3. The number of rotatable bonds is 14. The summed E-state index contributed by atoms with van der Waals surface area (Å²) in [5.41, 5.74) is 3.98. The Hall–Kier alpha value is -2.53. The van der Waals surface area contributed by atoms with Crippen LogP contribution in [-0.2, 0) is 17.8 Å². The molecule has 0 spiro atoms. The van der Waals surface area contributed by atoms with Gasteiger partial charge >= 0.3 is 0 Å². The molecule has 0 amide bonds. The number of ether oxygens (including phenoxy) is 2. The molecule has 170 valence electrons. The maximum atomic E-state index is 6.11. The van der Waals surface area contributed by atoms with Crippen molar-refractivity contribution in [2.24, 2.45) is 0 Å². The van der Waals surface area contributed by atoms with Crippen molar-refractivity contribution in [2.75, 3.05) is 26.3 Å². The smallest absolute Gasteiger partial charge is 0.124 e. The topological polar surface area (TPSA) is 39.5 Å². The number of hydrogen-bond donors (Lipinski definition) is 0. The van der Waals surface area contributed by atoms with Crippen LogP contribution in [-0.4, -0.2) is 40.8 Å². The highest BCUT2D eigenvalue weighted by Gasteiger charge is 2.15. The van der Waals surface area contributed by atoms with Crippen LogP contribution in [0.15, 0.2) is 54.3 Å². The van der Waals surface area contributed by atoms with Crippen molar-refractivity contribution >= 4 is 11.0 Å². The van der Waals surface area contributed by atoms with Crippen LogP contribution in [0.1, 0.15) is 53.3 Å². The maximum absolute atomic E-state index is 6.11. The zero-order valence-corrected chi connectivity index (χ0v) is 20.0. The highest BCUT2D eigenvalue weighted by molar-refractivity contribution is 5.77. The van der Waals surface area contributed by atoms with Crippen LogP contribution < -0.4 is 4.74 Å². The second kappa shape index (κ2) is 12.4. The summed E-state index contributed by atoms with van der Waals surface area (Å²) in [4.78, 5) is 7.40. The fraction of sp³-hybridized carbons (Fsp3) is 0.500. The summed E-state index contributed by atoms with van der Waals surface area (Å²) in [7, 11) is 0. The number of fused-ring (bicyclic) bond motifs is 1. The van der Waals surface area contributed by atoms with E-state index < -0.39 is 0 Å². The first-order chi connectivity index (χ1) is 14.9. The molecule has 1 heterocycles. The molecule has 0 atom stereocenters. The predicted molar refractivity (Wildman–Crippen MR) is 130 cm³/mol. The van der Waals surface area contributed by atoms with E-state index in [0.29, 0.717) is 19.8 Å².